The third-order valence-corrected chi connectivity index (χ3v) is 13.1. The zero-order valence-corrected chi connectivity index (χ0v) is 42.7. The highest BCUT2D eigenvalue weighted by Crippen LogP contribution is 2.34. The minimum absolute atomic E-state index is 0.0620. The Hall–Kier alpha value is -6.59. The quantitative estimate of drug-likeness (QED) is 0.0478. The summed E-state index contributed by atoms with van der Waals surface area (Å²) >= 11 is 0. The predicted octanol–water partition coefficient (Wildman–Crippen LogP) is 11.0. The number of hydrogen-bond donors (Lipinski definition) is 0. The molecule has 2 aliphatic rings. The molecular weight excluding hydrogens is 965 g/mol. The molecule has 396 valence electrons. The summed E-state index contributed by atoms with van der Waals surface area (Å²) in [5.41, 5.74) is 6.57. The van der Waals surface area contributed by atoms with Gasteiger partial charge in [-0.25, -0.2) is 4.79 Å². The van der Waals surface area contributed by atoms with Crippen molar-refractivity contribution in [2.24, 2.45) is 0 Å². The lowest BCUT2D eigenvalue weighted by molar-refractivity contribution is -0.326. The molecule has 0 aliphatic carbocycles. The second-order valence-corrected chi connectivity index (χ2v) is 18.6. The molecule has 2 fully saturated rings. The van der Waals surface area contributed by atoms with Crippen LogP contribution in [0.3, 0.4) is 0 Å². The van der Waals surface area contributed by atoms with E-state index in [1.807, 2.05) is 212 Å². The highest BCUT2D eigenvalue weighted by atomic mass is 16.8. The SMILES string of the molecule is CO[C@H]1O[C@H](COC(=O)OC2O[C@H](COCc3ccccc3)[C@H](OCc3ccccc3)[C@H](OCc3ccccc3)[C@H]2OCc2ccccc2)[C@@H](OCc2ccccc2)[C@H](OCc2ccccc2)[C@H]1OCc1ccccc1. The molecule has 0 radical (unpaired) electrons. The van der Waals surface area contributed by atoms with Crippen LogP contribution in [-0.2, 0) is 103 Å². The summed E-state index contributed by atoms with van der Waals surface area (Å²) in [5, 5.41) is 0. The molecule has 2 heterocycles. The summed E-state index contributed by atoms with van der Waals surface area (Å²) in [6, 6.07) is 68.7. The largest absolute Gasteiger partial charge is 0.510 e. The maximum Gasteiger partial charge on any atom is 0.510 e. The Morgan fingerprint density at radius 2 is 0.618 bits per heavy atom. The second-order valence-electron chi connectivity index (χ2n) is 18.6. The molecule has 0 amide bonds. The fourth-order valence-corrected chi connectivity index (χ4v) is 9.19. The van der Waals surface area contributed by atoms with Gasteiger partial charge in [0.25, 0.3) is 0 Å². The van der Waals surface area contributed by atoms with Crippen LogP contribution < -0.4 is 0 Å². The monoisotopic (exact) mass is 1030 g/mol. The number of ether oxygens (including phenoxy) is 12. The summed E-state index contributed by atoms with van der Waals surface area (Å²) in [6.07, 6.45) is -10.1. The highest BCUT2D eigenvalue weighted by Gasteiger charge is 2.52. The molecule has 0 aromatic heterocycles. The molecule has 0 saturated carbocycles. The van der Waals surface area contributed by atoms with Crippen molar-refractivity contribution in [3.05, 3.63) is 251 Å². The zero-order valence-electron chi connectivity index (χ0n) is 42.7. The topological polar surface area (TPSA) is 128 Å². The second kappa shape index (κ2) is 29.1. The third-order valence-electron chi connectivity index (χ3n) is 13.1. The van der Waals surface area contributed by atoms with Crippen LogP contribution in [0, 0.1) is 0 Å². The maximum atomic E-state index is 14.4. The van der Waals surface area contributed by atoms with Gasteiger partial charge in [0.15, 0.2) is 6.29 Å². The van der Waals surface area contributed by atoms with Gasteiger partial charge in [-0.1, -0.05) is 212 Å². The Morgan fingerprint density at radius 3 is 0.961 bits per heavy atom. The van der Waals surface area contributed by atoms with E-state index in [0.717, 1.165) is 38.9 Å². The average molecular weight is 1030 g/mol. The van der Waals surface area contributed by atoms with Gasteiger partial charge < -0.3 is 56.8 Å². The minimum atomic E-state index is -1.36. The normalized spacial score (nSPS) is 23.4. The van der Waals surface area contributed by atoms with Crippen molar-refractivity contribution < 1.29 is 61.6 Å². The molecule has 9 rings (SSSR count). The van der Waals surface area contributed by atoms with E-state index < -0.39 is 67.6 Å². The van der Waals surface area contributed by atoms with E-state index in [0.29, 0.717) is 6.61 Å². The first-order chi connectivity index (χ1) is 37.6. The Kier molecular flexibility index (Phi) is 20.7. The Balaban J connectivity index is 0.993. The van der Waals surface area contributed by atoms with Gasteiger partial charge in [-0.3, -0.25) is 0 Å². The van der Waals surface area contributed by atoms with Crippen molar-refractivity contribution in [2.45, 2.75) is 108 Å². The van der Waals surface area contributed by atoms with E-state index in [2.05, 4.69) is 0 Å². The van der Waals surface area contributed by atoms with E-state index in [9.17, 15) is 4.79 Å². The van der Waals surface area contributed by atoms with E-state index in [1.54, 1.807) is 0 Å². The molecule has 1 unspecified atom stereocenters. The first kappa shape index (κ1) is 54.2. The summed E-state index contributed by atoms with van der Waals surface area (Å²) in [4.78, 5) is 14.4. The number of benzene rings is 7. The molecular formula is C63H66O13. The fourth-order valence-electron chi connectivity index (χ4n) is 9.19. The van der Waals surface area contributed by atoms with Crippen molar-refractivity contribution in [3.63, 3.8) is 0 Å². The van der Waals surface area contributed by atoms with Crippen LogP contribution >= 0.6 is 0 Å². The van der Waals surface area contributed by atoms with Crippen molar-refractivity contribution in [2.75, 3.05) is 20.3 Å². The van der Waals surface area contributed by atoms with E-state index >= 15 is 0 Å². The predicted molar refractivity (Wildman–Crippen MR) is 283 cm³/mol. The van der Waals surface area contributed by atoms with Crippen molar-refractivity contribution in [1.82, 2.24) is 0 Å². The number of methoxy groups -OCH3 is 1. The lowest BCUT2D eigenvalue weighted by atomic mass is 9.97. The van der Waals surface area contributed by atoms with Crippen LogP contribution in [0.2, 0.25) is 0 Å². The van der Waals surface area contributed by atoms with Gasteiger partial charge in [-0.05, 0) is 38.9 Å². The Morgan fingerprint density at radius 1 is 0.342 bits per heavy atom. The van der Waals surface area contributed by atoms with E-state index in [4.69, 9.17) is 56.8 Å². The van der Waals surface area contributed by atoms with Crippen LogP contribution in [0.15, 0.2) is 212 Å². The number of rotatable bonds is 26. The highest BCUT2D eigenvalue weighted by molar-refractivity contribution is 5.60. The summed E-state index contributed by atoms with van der Waals surface area (Å²) in [7, 11) is 1.54. The van der Waals surface area contributed by atoms with Gasteiger partial charge in [0.1, 0.15) is 55.4 Å². The van der Waals surface area contributed by atoms with Crippen LogP contribution in [0.1, 0.15) is 38.9 Å². The van der Waals surface area contributed by atoms with Gasteiger partial charge in [0.05, 0.1) is 52.9 Å². The van der Waals surface area contributed by atoms with Crippen molar-refractivity contribution in [3.8, 4) is 0 Å². The van der Waals surface area contributed by atoms with E-state index in [1.165, 1.54) is 7.11 Å². The molecule has 7 aromatic carbocycles. The standard InChI is InChI=1S/C63H66O13/c1-65-61-59(71-42-51-33-19-7-20-34-51)57(69-40-49-29-15-5-16-30-49)56(68-39-48-27-13-4-14-28-48)54(74-61)45-73-63(64)76-62-60(72-43-52-35-21-8-22-36-52)58(70-41-50-31-17-6-18-32-50)55(67-38-47-25-11-3-12-26-47)53(75-62)44-66-37-46-23-9-2-10-24-46/h2-36,53-62H,37-45H2,1H3/t53-,54-,55+,56-,57+,58+,59-,60-,61+,62?/m1/s1. The molecule has 0 N–H and O–H groups in total. The molecule has 13 nitrogen and oxygen atoms in total. The average Bonchev–Trinajstić information content (AvgIpc) is 3.48. The molecule has 76 heavy (non-hydrogen) atoms. The first-order valence-electron chi connectivity index (χ1n) is 25.8. The van der Waals surface area contributed by atoms with Gasteiger partial charge in [0, 0.05) is 7.11 Å². The summed E-state index contributed by atoms with van der Waals surface area (Å²) in [6.45, 7) is 1.30. The van der Waals surface area contributed by atoms with Gasteiger partial charge in [0.2, 0.25) is 6.29 Å². The van der Waals surface area contributed by atoms with Gasteiger partial charge in [-0.2, -0.15) is 0 Å². The zero-order chi connectivity index (χ0) is 52.0. The van der Waals surface area contributed by atoms with Crippen LogP contribution in [0.5, 0.6) is 0 Å². The lowest BCUT2D eigenvalue weighted by Gasteiger charge is -2.46. The molecule has 7 aromatic rings. The van der Waals surface area contributed by atoms with Crippen molar-refractivity contribution in [1.29, 1.82) is 0 Å². The van der Waals surface area contributed by atoms with Crippen molar-refractivity contribution >= 4 is 6.16 Å². The minimum Gasteiger partial charge on any atom is -0.431 e. The van der Waals surface area contributed by atoms with E-state index in [-0.39, 0.29) is 52.9 Å². The fraction of sp³-hybridized carbons (Fsp3) is 0.317. The molecule has 2 saturated heterocycles. The number of carbonyl (C=O) groups is 1. The maximum absolute atomic E-state index is 14.4. The van der Waals surface area contributed by atoms with Crippen LogP contribution in [-0.4, -0.2) is 87.9 Å². The molecule has 10 atom stereocenters. The Bertz CT molecular complexity index is 2690. The molecule has 0 bridgehead atoms. The first-order valence-corrected chi connectivity index (χ1v) is 25.8. The summed E-state index contributed by atoms with van der Waals surface area (Å²) < 4.78 is 78.7. The number of hydrogen-bond acceptors (Lipinski definition) is 13. The van der Waals surface area contributed by atoms with Crippen LogP contribution in [0.4, 0.5) is 4.79 Å². The smallest absolute Gasteiger partial charge is 0.431 e. The third kappa shape index (κ3) is 16.0. The van der Waals surface area contributed by atoms with Gasteiger partial charge >= 0.3 is 6.16 Å². The van der Waals surface area contributed by atoms with Crippen LogP contribution in [0.25, 0.3) is 0 Å². The lowest BCUT2D eigenvalue weighted by Crippen LogP contribution is -2.62. The Labute approximate surface area is 445 Å². The molecule has 2 aliphatic heterocycles. The molecule has 13 heteroatoms. The number of carbonyl (C=O) groups excluding carboxylic acids is 1. The van der Waals surface area contributed by atoms with Gasteiger partial charge in [-0.15, -0.1) is 0 Å². The summed E-state index contributed by atoms with van der Waals surface area (Å²) in [5.74, 6) is 0. The molecule has 0 spiro atoms.